The van der Waals surface area contributed by atoms with E-state index < -0.39 is 24.0 Å². The Morgan fingerprint density at radius 3 is 2.61 bits per heavy atom. The predicted molar refractivity (Wildman–Crippen MR) is 85.8 cm³/mol. The van der Waals surface area contributed by atoms with Crippen LogP contribution in [0.3, 0.4) is 0 Å². The minimum atomic E-state index is -1.13. The minimum Gasteiger partial charge on any atom is -0.480 e. The van der Waals surface area contributed by atoms with Crippen LogP contribution in [0.2, 0.25) is 10.0 Å². The molecule has 1 saturated heterocycles. The number of nitrogens with zero attached hydrogens (tertiary/aromatic N) is 1. The number of aliphatic carboxylic acids is 1. The molecule has 1 fully saturated rings. The number of hydrogen-bond acceptors (Lipinski definition) is 3. The summed E-state index contributed by atoms with van der Waals surface area (Å²) < 4.78 is 0. The van der Waals surface area contributed by atoms with E-state index in [0.29, 0.717) is 30.0 Å². The molecule has 2 N–H and O–H groups in total. The molecule has 0 aromatic heterocycles. The van der Waals surface area contributed by atoms with Crippen molar-refractivity contribution >= 4 is 41.0 Å². The molecule has 2 atom stereocenters. The summed E-state index contributed by atoms with van der Waals surface area (Å²) in [4.78, 5) is 37.1. The van der Waals surface area contributed by atoms with Gasteiger partial charge in [-0.05, 0) is 38.0 Å². The van der Waals surface area contributed by atoms with Crippen molar-refractivity contribution in [1.82, 2.24) is 10.2 Å². The summed E-state index contributed by atoms with van der Waals surface area (Å²) in [5, 5.41) is 11.9. The third-order valence-corrected chi connectivity index (χ3v) is 4.45. The van der Waals surface area contributed by atoms with E-state index in [2.05, 4.69) is 5.32 Å². The highest BCUT2D eigenvalue weighted by Gasteiger charge is 2.35. The Bertz CT molecular complexity index is 650. The first-order valence-corrected chi connectivity index (χ1v) is 7.86. The first-order chi connectivity index (χ1) is 10.8. The molecule has 0 radical (unpaired) electrons. The summed E-state index contributed by atoms with van der Waals surface area (Å²) in [6.45, 7) is 1.80. The van der Waals surface area contributed by atoms with Crippen LogP contribution >= 0.6 is 23.2 Å². The lowest BCUT2D eigenvalue weighted by atomic mass is 10.1. The van der Waals surface area contributed by atoms with Crippen LogP contribution < -0.4 is 5.32 Å². The second kappa shape index (κ2) is 7.19. The highest BCUT2D eigenvalue weighted by molar-refractivity contribution is 6.42. The van der Waals surface area contributed by atoms with Crippen LogP contribution in [0.5, 0.6) is 0 Å². The van der Waals surface area contributed by atoms with Gasteiger partial charge >= 0.3 is 5.97 Å². The smallest absolute Gasteiger partial charge is 0.325 e. The lowest BCUT2D eigenvalue weighted by molar-refractivity contribution is -0.141. The summed E-state index contributed by atoms with van der Waals surface area (Å²) in [6, 6.07) is 2.83. The van der Waals surface area contributed by atoms with Crippen LogP contribution in [0.25, 0.3) is 0 Å². The van der Waals surface area contributed by atoms with Crippen molar-refractivity contribution in [3.05, 3.63) is 33.8 Å². The van der Waals surface area contributed by atoms with Crippen LogP contribution in [0.1, 0.15) is 30.1 Å². The molecule has 124 valence electrons. The monoisotopic (exact) mass is 358 g/mol. The van der Waals surface area contributed by atoms with Gasteiger partial charge in [0.25, 0.3) is 5.91 Å². The zero-order valence-corrected chi connectivity index (χ0v) is 13.9. The molecule has 1 unspecified atom stereocenters. The summed E-state index contributed by atoms with van der Waals surface area (Å²) in [6.07, 6.45) is 1.16. The number of nitrogens with one attached hydrogen (secondary N) is 1. The second-order valence-corrected chi connectivity index (χ2v) is 6.17. The second-order valence-electron chi connectivity index (χ2n) is 5.35. The predicted octanol–water partition coefficient (Wildman–Crippen LogP) is 2.19. The normalized spacial score (nSPS) is 18.6. The van der Waals surface area contributed by atoms with E-state index in [1.165, 1.54) is 24.0 Å². The Morgan fingerprint density at radius 1 is 1.30 bits per heavy atom. The third-order valence-electron chi connectivity index (χ3n) is 3.71. The number of rotatable bonds is 4. The van der Waals surface area contributed by atoms with Crippen molar-refractivity contribution in [3.8, 4) is 0 Å². The SMILES string of the molecule is C[C@H](NC(=O)C1CCCN1C(=O)c1ccc(Cl)c(Cl)c1)C(=O)O. The number of hydrogen-bond donors (Lipinski definition) is 2. The zero-order chi connectivity index (χ0) is 17.1. The molecule has 0 bridgehead atoms. The molecule has 0 aliphatic carbocycles. The molecule has 23 heavy (non-hydrogen) atoms. The maximum Gasteiger partial charge on any atom is 0.325 e. The van der Waals surface area contributed by atoms with Crippen LogP contribution in [0, 0.1) is 0 Å². The zero-order valence-electron chi connectivity index (χ0n) is 12.4. The van der Waals surface area contributed by atoms with E-state index in [4.69, 9.17) is 28.3 Å². The van der Waals surface area contributed by atoms with Crippen molar-refractivity contribution in [1.29, 1.82) is 0 Å². The lowest BCUT2D eigenvalue weighted by Gasteiger charge is -2.25. The standard InChI is InChI=1S/C15H16Cl2N2O4/c1-8(15(22)23)18-13(20)12-3-2-6-19(12)14(21)9-4-5-10(16)11(17)7-9/h4-5,7-8,12H,2-3,6H2,1H3,(H,18,20)(H,22,23)/t8-,12?/m0/s1. The molecule has 0 spiro atoms. The highest BCUT2D eigenvalue weighted by atomic mass is 35.5. The Labute approximate surface area is 143 Å². The van der Waals surface area contributed by atoms with Gasteiger partial charge in [-0.15, -0.1) is 0 Å². The number of halogens is 2. The van der Waals surface area contributed by atoms with E-state index in [0.717, 1.165) is 0 Å². The summed E-state index contributed by atoms with van der Waals surface area (Å²) in [5.41, 5.74) is 0.338. The molecule has 1 aromatic rings. The fraction of sp³-hybridized carbons (Fsp3) is 0.400. The van der Waals surface area contributed by atoms with Gasteiger partial charge in [-0.1, -0.05) is 23.2 Å². The highest BCUT2D eigenvalue weighted by Crippen LogP contribution is 2.26. The average Bonchev–Trinajstić information content (AvgIpc) is 2.98. The van der Waals surface area contributed by atoms with Crippen LogP contribution in [-0.2, 0) is 9.59 Å². The Hall–Kier alpha value is -1.79. The fourth-order valence-electron chi connectivity index (χ4n) is 2.45. The molecule has 0 saturated carbocycles. The van der Waals surface area contributed by atoms with Gasteiger partial charge in [-0.3, -0.25) is 14.4 Å². The Kier molecular flexibility index (Phi) is 5.49. The molecular formula is C15H16Cl2N2O4. The van der Waals surface area contributed by atoms with Crippen LogP contribution in [0.15, 0.2) is 18.2 Å². The van der Waals surface area contributed by atoms with E-state index in [1.54, 1.807) is 6.07 Å². The number of carboxylic acid groups (broad SMARTS) is 1. The average molecular weight is 359 g/mol. The minimum absolute atomic E-state index is 0.261. The summed E-state index contributed by atoms with van der Waals surface area (Å²) in [5.74, 6) is -1.92. The number of carboxylic acids is 1. The van der Waals surface area contributed by atoms with Gasteiger partial charge < -0.3 is 15.3 Å². The molecular weight excluding hydrogens is 343 g/mol. The van der Waals surface area contributed by atoms with Gasteiger partial charge in [-0.25, -0.2) is 0 Å². The van der Waals surface area contributed by atoms with E-state index >= 15 is 0 Å². The van der Waals surface area contributed by atoms with E-state index in [-0.39, 0.29) is 10.9 Å². The molecule has 6 nitrogen and oxygen atoms in total. The van der Waals surface area contributed by atoms with Crippen molar-refractivity contribution in [2.45, 2.75) is 31.8 Å². The molecule has 1 heterocycles. The number of amides is 2. The maximum atomic E-state index is 12.6. The molecule has 2 amide bonds. The van der Waals surface area contributed by atoms with Gasteiger partial charge in [0.1, 0.15) is 12.1 Å². The van der Waals surface area contributed by atoms with Crippen molar-refractivity contribution in [3.63, 3.8) is 0 Å². The van der Waals surface area contributed by atoms with Crippen molar-refractivity contribution in [2.75, 3.05) is 6.54 Å². The number of likely N-dealkylation sites (tertiary alicyclic amines) is 1. The maximum absolute atomic E-state index is 12.6. The van der Waals surface area contributed by atoms with Crippen LogP contribution in [0.4, 0.5) is 0 Å². The first kappa shape index (κ1) is 17.6. The Balaban J connectivity index is 2.14. The summed E-state index contributed by atoms with van der Waals surface area (Å²) in [7, 11) is 0. The van der Waals surface area contributed by atoms with Crippen LogP contribution in [-0.4, -0.2) is 46.4 Å². The fourth-order valence-corrected chi connectivity index (χ4v) is 2.75. The van der Waals surface area contributed by atoms with Gasteiger partial charge in [0.15, 0.2) is 0 Å². The van der Waals surface area contributed by atoms with Crippen molar-refractivity contribution in [2.24, 2.45) is 0 Å². The molecule has 2 rings (SSSR count). The molecule has 1 aromatic carbocycles. The van der Waals surface area contributed by atoms with Gasteiger partial charge in [-0.2, -0.15) is 0 Å². The summed E-state index contributed by atoms with van der Waals surface area (Å²) >= 11 is 11.8. The Morgan fingerprint density at radius 2 is 2.00 bits per heavy atom. The topological polar surface area (TPSA) is 86.7 Å². The first-order valence-electron chi connectivity index (χ1n) is 7.10. The van der Waals surface area contributed by atoms with Crippen molar-refractivity contribution < 1.29 is 19.5 Å². The number of carbonyl (C=O) groups excluding carboxylic acids is 2. The molecule has 1 aliphatic heterocycles. The van der Waals surface area contributed by atoms with E-state index in [9.17, 15) is 14.4 Å². The number of benzene rings is 1. The third kappa shape index (κ3) is 3.95. The lowest BCUT2D eigenvalue weighted by Crippen LogP contribution is -2.50. The largest absolute Gasteiger partial charge is 0.480 e. The van der Waals surface area contributed by atoms with Gasteiger partial charge in [0, 0.05) is 12.1 Å². The molecule has 8 heteroatoms. The molecule has 1 aliphatic rings. The van der Waals surface area contributed by atoms with Gasteiger partial charge in [0.2, 0.25) is 5.91 Å². The van der Waals surface area contributed by atoms with E-state index in [1.807, 2.05) is 0 Å². The van der Waals surface area contributed by atoms with Gasteiger partial charge in [0.05, 0.1) is 10.0 Å². The number of carbonyl (C=O) groups is 3. The quantitative estimate of drug-likeness (QED) is 0.863.